The molecule has 0 saturated carbocycles. The highest BCUT2D eigenvalue weighted by Gasteiger charge is 2.14. The summed E-state index contributed by atoms with van der Waals surface area (Å²) in [6.45, 7) is 0.106. The highest BCUT2D eigenvalue weighted by atomic mass is 127. The Labute approximate surface area is 177 Å². The van der Waals surface area contributed by atoms with Gasteiger partial charge in [-0.1, -0.05) is 5.92 Å². The molecule has 2 rings (SSSR count). The molecule has 0 unspecified atom stereocenters. The van der Waals surface area contributed by atoms with Crippen LogP contribution in [0, 0.1) is 27.2 Å². The summed E-state index contributed by atoms with van der Waals surface area (Å²) in [4.78, 5) is 12.4. The predicted molar refractivity (Wildman–Crippen MR) is 115 cm³/mol. The van der Waals surface area contributed by atoms with Crippen molar-refractivity contribution in [2.45, 2.75) is 0 Å². The average molecular weight is 488 g/mol. The summed E-state index contributed by atoms with van der Waals surface area (Å²) in [5.74, 6) is 3.52. The minimum Gasteiger partial charge on any atom is -0.497 e. The fourth-order valence-corrected chi connectivity index (χ4v) is 3.05. The van der Waals surface area contributed by atoms with Crippen molar-refractivity contribution >= 4 is 40.3 Å². The molecule has 0 heterocycles. The lowest BCUT2D eigenvalue weighted by Gasteiger charge is -2.12. The topological polar surface area (TPSA) is 80.6 Å². The van der Waals surface area contributed by atoms with E-state index >= 15 is 0 Å². The van der Waals surface area contributed by atoms with E-state index in [0.717, 1.165) is 3.57 Å². The third kappa shape index (κ3) is 5.41. The Morgan fingerprint density at radius 3 is 2.54 bits per heavy atom. The van der Waals surface area contributed by atoms with Gasteiger partial charge < -0.3 is 19.5 Å². The van der Waals surface area contributed by atoms with Crippen LogP contribution in [0.15, 0.2) is 42.0 Å². The van der Waals surface area contributed by atoms with E-state index in [4.69, 9.17) is 20.6 Å². The van der Waals surface area contributed by atoms with Gasteiger partial charge in [0.15, 0.2) is 11.5 Å². The highest BCUT2D eigenvalue weighted by Crippen LogP contribution is 2.34. The standard InChI is InChI=1S/C21H17IN2O4/c1-4-9-28-20-18(22)11-14(12-19(20)27-3)10-15(13-23)21(25)24-16-5-7-17(26-2)8-6-16/h1,5-8,10-12H,9H2,2-3H3,(H,24,25)/b15-10-. The van der Waals surface area contributed by atoms with Gasteiger partial charge >= 0.3 is 0 Å². The van der Waals surface area contributed by atoms with Gasteiger partial charge in [-0.25, -0.2) is 0 Å². The van der Waals surface area contributed by atoms with Gasteiger partial charge in [0.2, 0.25) is 0 Å². The average Bonchev–Trinajstić information content (AvgIpc) is 2.71. The lowest BCUT2D eigenvalue weighted by atomic mass is 10.1. The van der Waals surface area contributed by atoms with E-state index in [9.17, 15) is 10.1 Å². The Morgan fingerprint density at radius 1 is 1.25 bits per heavy atom. The molecule has 7 heteroatoms. The minimum absolute atomic E-state index is 0.0500. The second-order valence-corrected chi connectivity index (χ2v) is 6.54. The van der Waals surface area contributed by atoms with Crippen LogP contribution in [0.1, 0.15) is 5.56 Å². The van der Waals surface area contributed by atoms with Crippen LogP contribution in [-0.4, -0.2) is 26.7 Å². The van der Waals surface area contributed by atoms with Gasteiger partial charge in [-0.05, 0) is 70.6 Å². The van der Waals surface area contributed by atoms with Crippen LogP contribution in [0.3, 0.4) is 0 Å². The monoisotopic (exact) mass is 488 g/mol. The molecule has 0 aliphatic heterocycles. The number of amides is 1. The molecule has 28 heavy (non-hydrogen) atoms. The van der Waals surface area contributed by atoms with Crippen LogP contribution in [-0.2, 0) is 4.79 Å². The zero-order valence-electron chi connectivity index (χ0n) is 15.3. The number of ether oxygens (including phenoxy) is 3. The van der Waals surface area contributed by atoms with Crippen LogP contribution in [0.25, 0.3) is 6.08 Å². The Balaban J connectivity index is 2.27. The maximum atomic E-state index is 12.4. The number of halogens is 1. The summed E-state index contributed by atoms with van der Waals surface area (Å²) >= 11 is 2.08. The molecule has 0 atom stereocenters. The van der Waals surface area contributed by atoms with E-state index in [1.807, 2.05) is 6.07 Å². The maximum Gasteiger partial charge on any atom is 0.266 e. The zero-order valence-corrected chi connectivity index (χ0v) is 17.4. The number of benzene rings is 2. The summed E-state index contributed by atoms with van der Waals surface area (Å²) in [5.41, 5.74) is 1.12. The molecule has 0 bridgehead atoms. The number of nitrogens with zero attached hydrogens (tertiary/aromatic N) is 1. The predicted octanol–water partition coefficient (Wildman–Crippen LogP) is 3.87. The Hall–Kier alpha value is -3.17. The first-order chi connectivity index (χ1) is 13.5. The zero-order chi connectivity index (χ0) is 20.5. The van der Waals surface area contributed by atoms with Crippen LogP contribution < -0.4 is 19.5 Å². The SMILES string of the molecule is C#CCOc1c(I)cc(/C=C(/C#N)C(=O)Nc2ccc(OC)cc2)cc1OC. The Morgan fingerprint density at radius 2 is 1.96 bits per heavy atom. The van der Waals surface area contributed by atoms with Gasteiger partial charge in [-0.3, -0.25) is 4.79 Å². The van der Waals surface area contributed by atoms with Crippen molar-refractivity contribution in [1.29, 1.82) is 5.26 Å². The quantitative estimate of drug-likeness (QED) is 0.277. The van der Waals surface area contributed by atoms with E-state index in [1.165, 1.54) is 13.2 Å². The molecular weight excluding hydrogens is 471 g/mol. The molecule has 0 aliphatic carbocycles. The summed E-state index contributed by atoms with van der Waals surface area (Å²) in [6.07, 6.45) is 6.71. The van der Waals surface area contributed by atoms with Gasteiger partial charge in [0.25, 0.3) is 5.91 Å². The van der Waals surface area contributed by atoms with Crippen molar-refractivity contribution in [2.75, 3.05) is 26.1 Å². The van der Waals surface area contributed by atoms with Crippen molar-refractivity contribution < 1.29 is 19.0 Å². The summed E-state index contributed by atoms with van der Waals surface area (Å²) in [6, 6.07) is 12.2. The van der Waals surface area contributed by atoms with E-state index in [-0.39, 0.29) is 12.2 Å². The maximum absolute atomic E-state index is 12.4. The summed E-state index contributed by atoms with van der Waals surface area (Å²) in [7, 11) is 3.06. The van der Waals surface area contributed by atoms with E-state index in [0.29, 0.717) is 28.5 Å². The number of nitrogens with one attached hydrogen (secondary N) is 1. The fourth-order valence-electron chi connectivity index (χ4n) is 2.27. The van der Waals surface area contributed by atoms with Crippen LogP contribution in [0.5, 0.6) is 17.2 Å². The molecule has 2 aromatic rings. The number of nitriles is 1. The fraction of sp³-hybridized carbons (Fsp3) is 0.143. The molecule has 0 radical (unpaired) electrons. The smallest absolute Gasteiger partial charge is 0.266 e. The third-order valence-corrected chi connectivity index (χ3v) is 4.38. The molecule has 0 saturated heterocycles. The van der Waals surface area contributed by atoms with Gasteiger partial charge in [0, 0.05) is 5.69 Å². The third-order valence-electron chi connectivity index (χ3n) is 3.58. The number of hydrogen-bond donors (Lipinski definition) is 1. The first-order valence-corrected chi connectivity index (χ1v) is 9.11. The minimum atomic E-state index is -0.519. The highest BCUT2D eigenvalue weighted by molar-refractivity contribution is 14.1. The number of hydrogen-bond acceptors (Lipinski definition) is 5. The van der Waals surface area contributed by atoms with Crippen molar-refractivity contribution in [3.63, 3.8) is 0 Å². The molecule has 2 aromatic carbocycles. The van der Waals surface area contributed by atoms with Crippen molar-refractivity contribution in [1.82, 2.24) is 0 Å². The van der Waals surface area contributed by atoms with Gasteiger partial charge in [-0.2, -0.15) is 5.26 Å². The lowest BCUT2D eigenvalue weighted by molar-refractivity contribution is -0.112. The summed E-state index contributed by atoms with van der Waals surface area (Å²) < 4.78 is 16.7. The molecule has 142 valence electrons. The number of rotatable bonds is 7. The molecule has 0 aromatic heterocycles. The van der Waals surface area contributed by atoms with Crippen molar-refractivity contribution in [3.05, 3.63) is 51.1 Å². The Bertz CT molecular complexity index is 970. The molecular formula is C21H17IN2O4. The van der Waals surface area contributed by atoms with Crippen LogP contribution in [0.4, 0.5) is 5.69 Å². The van der Waals surface area contributed by atoms with E-state index < -0.39 is 5.91 Å². The number of anilines is 1. The Kier molecular flexibility index (Phi) is 7.73. The van der Waals surface area contributed by atoms with Crippen molar-refractivity contribution in [3.8, 4) is 35.7 Å². The second-order valence-electron chi connectivity index (χ2n) is 5.38. The van der Waals surface area contributed by atoms with E-state index in [2.05, 4.69) is 33.8 Å². The van der Waals surface area contributed by atoms with E-state index in [1.54, 1.807) is 43.5 Å². The summed E-state index contributed by atoms with van der Waals surface area (Å²) in [5, 5.41) is 12.1. The molecule has 0 fully saturated rings. The molecule has 0 spiro atoms. The number of methoxy groups -OCH3 is 2. The van der Waals surface area contributed by atoms with Crippen LogP contribution >= 0.6 is 22.6 Å². The number of terminal acetylenes is 1. The van der Waals surface area contributed by atoms with Crippen LogP contribution in [0.2, 0.25) is 0 Å². The van der Waals surface area contributed by atoms with Gasteiger partial charge in [0.1, 0.15) is 24.0 Å². The number of carbonyl (C=O) groups is 1. The van der Waals surface area contributed by atoms with Gasteiger partial charge in [0.05, 0.1) is 17.8 Å². The number of carbonyl (C=O) groups excluding carboxylic acids is 1. The largest absolute Gasteiger partial charge is 0.497 e. The molecule has 6 nitrogen and oxygen atoms in total. The molecule has 0 aliphatic rings. The lowest BCUT2D eigenvalue weighted by Crippen LogP contribution is -2.13. The van der Waals surface area contributed by atoms with Gasteiger partial charge in [-0.15, -0.1) is 6.42 Å². The molecule has 1 N–H and O–H groups in total. The second kappa shape index (κ2) is 10.2. The first kappa shape index (κ1) is 21.1. The first-order valence-electron chi connectivity index (χ1n) is 8.03. The van der Waals surface area contributed by atoms with Crippen molar-refractivity contribution in [2.24, 2.45) is 0 Å². The normalized spacial score (nSPS) is 10.4. The molecule has 1 amide bonds.